The highest BCUT2D eigenvalue weighted by atomic mass is 32.2. The van der Waals surface area contributed by atoms with Crippen LogP contribution in [0.1, 0.15) is 24.3 Å². The van der Waals surface area contributed by atoms with Gasteiger partial charge in [-0.2, -0.15) is 0 Å². The Labute approximate surface area is 173 Å². The molecule has 0 spiro atoms. The van der Waals surface area contributed by atoms with Crippen LogP contribution in [0, 0.1) is 5.92 Å². The fourth-order valence-corrected chi connectivity index (χ4v) is 5.83. The minimum Gasteiger partial charge on any atom is -0.350 e. The van der Waals surface area contributed by atoms with Gasteiger partial charge in [-0.25, -0.2) is 0 Å². The number of thiophene rings is 1. The molecule has 1 aliphatic heterocycles. The van der Waals surface area contributed by atoms with Gasteiger partial charge in [0.25, 0.3) is 0 Å². The molecular weight excluding hydrogens is 396 g/mol. The topological polar surface area (TPSA) is 49.4 Å². The van der Waals surface area contributed by atoms with Crippen LogP contribution in [0.3, 0.4) is 0 Å². The molecule has 2 aromatic rings. The number of hydrogen-bond acceptors (Lipinski definition) is 5. The highest BCUT2D eigenvalue weighted by Crippen LogP contribution is 2.42. The molecule has 2 amide bonds. The van der Waals surface area contributed by atoms with Gasteiger partial charge in [-0.3, -0.25) is 9.59 Å². The zero-order chi connectivity index (χ0) is 19.4. The van der Waals surface area contributed by atoms with Crippen LogP contribution in [-0.2, 0) is 22.6 Å². The molecule has 27 heavy (non-hydrogen) atoms. The molecule has 3 rings (SSSR count). The Hall–Kier alpha value is -1.44. The van der Waals surface area contributed by atoms with E-state index in [1.54, 1.807) is 39.8 Å². The fourth-order valence-electron chi connectivity index (χ4n) is 2.86. The molecule has 0 saturated carbocycles. The maximum absolute atomic E-state index is 12.4. The predicted molar refractivity (Wildman–Crippen MR) is 116 cm³/mol. The molecule has 2 heterocycles. The Kier molecular flexibility index (Phi) is 6.89. The van der Waals surface area contributed by atoms with Crippen LogP contribution in [0.15, 0.2) is 39.4 Å². The first-order chi connectivity index (χ1) is 13.0. The molecule has 0 aliphatic carbocycles. The van der Waals surface area contributed by atoms with Gasteiger partial charge in [-0.05, 0) is 42.4 Å². The zero-order valence-electron chi connectivity index (χ0n) is 15.8. The van der Waals surface area contributed by atoms with Crippen LogP contribution in [0.5, 0.6) is 0 Å². The second-order valence-corrected chi connectivity index (χ2v) is 10.1. The lowest BCUT2D eigenvalue weighted by atomic mass is 10.1. The summed E-state index contributed by atoms with van der Waals surface area (Å²) < 4.78 is 1.14. The van der Waals surface area contributed by atoms with Gasteiger partial charge in [0.15, 0.2) is 0 Å². The Morgan fingerprint density at radius 2 is 2.04 bits per heavy atom. The lowest BCUT2D eigenvalue weighted by Crippen LogP contribution is -2.42. The van der Waals surface area contributed by atoms with Crippen LogP contribution in [0.25, 0.3) is 0 Å². The number of thioether (sulfide) groups is 2. The largest absolute Gasteiger partial charge is 0.350 e. The van der Waals surface area contributed by atoms with Crippen molar-refractivity contribution < 1.29 is 9.59 Å². The van der Waals surface area contributed by atoms with Crippen LogP contribution in [0.4, 0.5) is 5.69 Å². The van der Waals surface area contributed by atoms with Crippen molar-refractivity contribution in [2.75, 3.05) is 23.5 Å². The van der Waals surface area contributed by atoms with E-state index in [2.05, 4.69) is 25.2 Å². The second-order valence-electron chi connectivity index (χ2n) is 6.88. The number of rotatable bonds is 7. The molecule has 4 nitrogen and oxygen atoms in total. The summed E-state index contributed by atoms with van der Waals surface area (Å²) in [5.41, 5.74) is 1.95. The molecule has 0 bridgehead atoms. The van der Waals surface area contributed by atoms with Crippen molar-refractivity contribution in [1.82, 2.24) is 5.32 Å². The maximum Gasteiger partial charge on any atom is 0.240 e. The van der Waals surface area contributed by atoms with Crippen molar-refractivity contribution >= 4 is 52.4 Å². The molecular formula is C20H24N2O2S3. The Balaban J connectivity index is 1.63. The zero-order valence-corrected chi connectivity index (χ0v) is 18.2. The monoisotopic (exact) mass is 420 g/mol. The molecule has 1 aromatic heterocycles. The van der Waals surface area contributed by atoms with E-state index >= 15 is 0 Å². The minimum absolute atomic E-state index is 0.000806. The summed E-state index contributed by atoms with van der Waals surface area (Å²) in [5.74, 6) is 0.839. The number of anilines is 1. The van der Waals surface area contributed by atoms with E-state index < -0.39 is 0 Å². The Bertz CT molecular complexity index is 815. The van der Waals surface area contributed by atoms with Gasteiger partial charge in [0, 0.05) is 16.3 Å². The number of hydrogen-bond donors (Lipinski definition) is 1. The molecule has 144 valence electrons. The molecule has 0 atom stereocenters. The molecule has 1 aromatic carbocycles. The standard InChI is InChI=1S/C20H24N2O2S3/c1-13(2)8-16-9-17-20(27-16)26-12-19(24)22(17)11-18(23)21-10-14-4-6-15(25-3)7-5-14/h4-7,9,13H,8,10-12H2,1-3H3,(H,21,23). The van der Waals surface area contributed by atoms with E-state index in [0.29, 0.717) is 18.2 Å². The molecule has 1 N–H and O–H groups in total. The van der Waals surface area contributed by atoms with Gasteiger partial charge < -0.3 is 10.2 Å². The summed E-state index contributed by atoms with van der Waals surface area (Å²) in [5, 5.41) is 2.93. The molecule has 1 aliphatic rings. The van der Waals surface area contributed by atoms with Gasteiger partial charge in [-0.1, -0.05) is 26.0 Å². The summed E-state index contributed by atoms with van der Waals surface area (Å²) in [7, 11) is 0. The molecule has 0 saturated heterocycles. The third kappa shape index (κ3) is 5.30. The SMILES string of the molecule is CSc1ccc(CNC(=O)CN2C(=O)CSc3sc(CC(C)C)cc32)cc1. The summed E-state index contributed by atoms with van der Waals surface area (Å²) in [4.78, 5) is 28.9. The number of carbonyl (C=O) groups is 2. The summed E-state index contributed by atoms with van der Waals surface area (Å²) >= 11 is 5.02. The normalized spacial score (nSPS) is 13.8. The van der Waals surface area contributed by atoms with Gasteiger partial charge in [0.2, 0.25) is 11.8 Å². The first-order valence-electron chi connectivity index (χ1n) is 8.91. The van der Waals surface area contributed by atoms with Crippen molar-refractivity contribution in [3.05, 3.63) is 40.8 Å². The van der Waals surface area contributed by atoms with Gasteiger partial charge >= 0.3 is 0 Å². The first-order valence-corrected chi connectivity index (χ1v) is 11.9. The summed E-state index contributed by atoms with van der Waals surface area (Å²) in [6.07, 6.45) is 3.04. The van der Waals surface area contributed by atoms with Crippen LogP contribution in [-0.4, -0.2) is 30.4 Å². The highest BCUT2D eigenvalue weighted by Gasteiger charge is 2.28. The number of nitrogens with zero attached hydrogens (tertiary/aromatic N) is 1. The van der Waals surface area contributed by atoms with E-state index in [-0.39, 0.29) is 18.4 Å². The van der Waals surface area contributed by atoms with Crippen molar-refractivity contribution in [1.29, 1.82) is 0 Å². The fraction of sp³-hybridized carbons (Fsp3) is 0.400. The highest BCUT2D eigenvalue weighted by molar-refractivity contribution is 8.02. The van der Waals surface area contributed by atoms with Crippen molar-refractivity contribution in [3.8, 4) is 0 Å². The Morgan fingerprint density at radius 1 is 1.30 bits per heavy atom. The third-order valence-corrected chi connectivity index (χ3v) is 7.36. The van der Waals surface area contributed by atoms with Gasteiger partial charge in [0.1, 0.15) is 6.54 Å². The summed E-state index contributed by atoms with van der Waals surface area (Å²) in [6.45, 7) is 4.93. The Morgan fingerprint density at radius 3 is 2.70 bits per heavy atom. The van der Waals surface area contributed by atoms with E-state index in [9.17, 15) is 9.59 Å². The van der Waals surface area contributed by atoms with Crippen LogP contribution < -0.4 is 10.2 Å². The molecule has 7 heteroatoms. The van der Waals surface area contributed by atoms with E-state index in [0.717, 1.165) is 21.9 Å². The average Bonchev–Trinajstić information content (AvgIpc) is 3.05. The molecule has 0 fully saturated rings. The van der Waals surface area contributed by atoms with Gasteiger partial charge in [-0.15, -0.1) is 34.9 Å². The lowest BCUT2D eigenvalue weighted by molar-refractivity contribution is -0.123. The van der Waals surface area contributed by atoms with E-state index in [4.69, 9.17) is 0 Å². The third-order valence-electron chi connectivity index (χ3n) is 4.21. The number of carbonyl (C=O) groups excluding carboxylic acids is 2. The van der Waals surface area contributed by atoms with Crippen LogP contribution >= 0.6 is 34.9 Å². The van der Waals surface area contributed by atoms with Crippen molar-refractivity contribution in [3.63, 3.8) is 0 Å². The quantitative estimate of drug-likeness (QED) is 0.674. The molecule has 0 unspecified atom stereocenters. The van der Waals surface area contributed by atoms with Crippen molar-refractivity contribution in [2.45, 2.75) is 35.9 Å². The van der Waals surface area contributed by atoms with Crippen LogP contribution in [0.2, 0.25) is 0 Å². The average molecular weight is 421 g/mol. The minimum atomic E-state index is -0.133. The second kappa shape index (κ2) is 9.17. The first kappa shape index (κ1) is 20.3. The number of nitrogens with one attached hydrogen (secondary N) is 1. The number of fused-ring (bicyclic) bond motifs is 1. The predicted octanol–water partition coefficient (Wildman–Crippen LogP) is 4.42. The van der Waals surface area contributed by atoms with E-state index in [1.165, 1.54) is 9.77 Å². The smallest absolute Gasteiger partial charge is 0.240 e. The van der Waals surface area contributed by atoms with Crippen molar-refractivity contribution in [2.24, 2.45) is 5.92 Å². The molecule has 0 radical (unpaired) electrons. The summed E-state index contributed by atoms with van der Waals surface area (Å²) in [6, 6.07) is 10.2. The number of amides is 2. The lowest BCUT2D eigenvalue weighted by Gasteiger charge is -2.25. The van der Waals surface area contributed by atoms with E-state index in [1.807, 2.05) is 30.5 Å². The van der Waals surface area contributed by atoms with Gasteiger partial charge in [0.05, 0.1) is 15.6 Å². The number of benzene rings is 1. The maximum atomic E-state index is 12.4.